The van der Waals surface area contributed by atoms with Gasteiger partial charge in [-0.15, -0.1) is 0 Å². The molecule has 0 amide bonds. The van der Waals surface area contributed by atoms with Gasteiger partial charge < -0.3 is 9.47 Å². The molecule has 0 unspecified atom stereocenters. The molecule has 0 N–H and O–H groups in total. The molecule has 156 valence electrons. The number of rotatable bonds is 2. The van der Waals surface area contributed by atoms with Crippen LogP contribution in [0.15, 0.2) is 0 Å². The van der Waals surface area contributed by atoms with Crippen molar-refractivity contribution in [3.8, 4) is 0 Å². The normalized spacial score (nSPS) is 24.2. The van der Waals surface area contributed by atoms with Crippen LogP contribution in [0.4, 0.5) is 0 Å². The molecule has 0 atom stereocenters. The van der Waals surface area contributed by atoms with E-state index >= 15 is 0 Å². The van der Waals surface area contributed by atoms with E-state index in [1.54, 1.807) is 0 Å². The van der Waals surface area contributed by atoms with E-state index in [9.17, 15) is 9.59 Å². The second kappa shape index (κ2) is 8.53. The van der Waals surface area contributed by atoms with E-state index in [0.29, 0.717) is 10.8 Å². The van der Waals surface area contributed by atoms with Gasteiger partial charge in [-0.25, -0.2) is 0 Å². The fourth-order valence-electron chi connectivity index (χ4n) is 5.48. The van der Waals surface area contributed by atoms with Crippen molar-refractivity contribution in [1.29, 1.82) is 0 Å². The van der Waals surface area contributed by atoms with Gasteiger partial charge in [0.1, 0.15) is 6.42 Å². The molecule has 0 bridgehead atoms. The molecular weight excluding hydrogens is 340 g/mol. The van der Waals surface area contributed by atoms with Crippen molar-refractivity contribution in [3.63, 3.8) is 0 Å². The minimum absolute atomic E-state index is 0.216. The molecule has 3 rings (SSSR count). The van der Waals surface area contributed by atoms with Crippen molar-refractivity contribution in [3.05, 3.63) is 0 Å². The summed E-state index contributed by atoms with van der Waals surface area (Å²) in [6.45, 7) is 13.7. The fourth-order valence-corrected chi connectivity index (χ4v) is 5.48. The smallest absolute Gasteiger partial charge is 0.320 e. The highest BCUT2D eigenvalue weighted by Gasteiger charge is 2.55. The first-order chi connectivity index (χ1) is 12.4. The lowest BCUT2D eigenvalue weighted by Crippen LogP contribution is -2.54. The van der Waals surface area contributed by atoms with E-state index in [1.807, 2.05) is 0 Å². The molecule has 2 saturated carbocycles. The van der Waals surface area contributed by atoms with Crippen LogP contribution in [0.2, 0.25) is 0 Å². The van der Waals surface area contributed by atoms with Gasteiger partial charge in [-0.05, 0) is 42.9 Å². The quantitative estimate of drug-likeness (QED) is 0.434. The zero-order valence-corrected chi connectivity index (χ0v) is 18.4. The molecule has 27 heavy (non-hydrogen) atoms. The highest BCUT2D eigenvalue weighted by atomic mass is 16.7. The summed E-state index contributed by atoms with van der Waals surface area (Å²) in [6, 6.07) is 0. The molecule has 0 spiro atoms. The average Bonchev–Trinajstić information content (AvgIpc) is 3.17. The second-order valence-corrected chi connectivity index (χ2v) is 11.1. The summed E-state index contributed by atoms with van der Waals surface area (Å²) in [4.78, 5) is 23.4. The Hall–Kier alpha value is -1.06. The van der Waals surface area contributed by atoms with Crippen LogP contribution in [-0.4, -0.2) is 17.7 Å². The molecule has 1 aliphatic heterocycles. The average molecular weight is 381 g/mol. The Morgan fingerprint density at radius 3 is 1.33 bits per heavy atom. The van der Waals surface area contributed by atoms with Crippen LogP contribution in [0.5, 0.6) is 0 Å². The summed E-state index contributed by atoms with van der Waals surface area (Å²) in [5.74, 6) is -1.28. The lowest BCUT2D eigenvalue weighted by atomic mass is 9.78. The van der Waals surface area contributed by atoms with E-state index < -0.39 is 17.7 Å². The summed E-state index contributed by atoms with van der Waals surface area (Å²) in [7, 11) is 0. The zero-order valence-electron chi connectivity index (χ0n) is 18.4. The van der Waals surface area contributed by atoms with Crippen LogP contribution < -0.4 is 0 Å². The van der Waals surface area contributed by atoms with Gasteiger partial charge in [-0.3, -0.25) is 9.59 Å². The summed E-state index contributed by atoms with van der Waals surface area (Å²) in [5.41, 5.74) is 0.969. The molecule has 4 heteroatoms. The Labute approximate surface area is 165 Å². The number of hydrogen-bond donors (Lipinski definition) is 0. The highest BCUT2D eigenvalue weighted by Crippen LogP contribution is 2.49. The largest absolute Gasteiger partial charge is 0.421 e. The predicted octanol–water partition coefficient (Wildman–Crippen LogP) is 6.02. The van der Waals surface area contributed by atoms with E-state index in [1.165, 1.54) is 6.42 Å². The Balaban J connectivity index is 0.000000249. The summed E-state index contributed by atoms with van der Waals surface area (Å²) in [6.07, 6.45) is 9.70. The number of hydrogen-bond acceptors (Lipinski definition) is 4. The zero-order chi connectivity index (χ0) is 20.3. The third kappa shape index (κ3) is 6.50. The van der Waals surface area contributed by atoms with E-state index in [0.717, 1.165) is 51.4 Å². The monoisotopic (exact) mass is 380 g/mol. The van der Waals surface area contributed by atoms with Crippen LogP contribution in [-0.2, 0) is 19.1 Å². The number of carbonyl (C=O) groups is 2. The topological polar surface area (TPSA) is 52.6 Å². The van der Waals surface area contributed by atoms with Crippen LogP contribution in [0.1, 0.15) is 106 Å². The SMILES string of the molecule is CC(C)(C)CC(C)(C)C.O=C1CC(=O)OC(C2CCCC2)(C2CCCC2)O1. The standard InChI is InChI=1S/C14H20O4.C9H20/c15-12-9-13(16)18-14(17-12,10-5-1-2-6-10)11-7-3-4-8-11;1-8(2,3)7-9(4,5)6/h10-11H,1-9H2;7H2,1-6H3. The first kappa shape index (κ1) is 22.2. The van der Waals surface area contributed by atoms with Crippen molar-refractivity contribution in [2.45, 2.75) is 112 Å². The van der Waals surface area contributed by atoms with Gasteiger partial charge in [0.05, 0.1) is 0 Å². The van der Waals surface area contributed by atoms with Crippen LogP contribution in [0.25, 0.3) is 0 Å². The maximum Gasteiger partial charge on any atom is 0.320 e. The lowest BCUT2D eigenvalue weighted by molar-refractivity contribution is -0.281. The molecule has 2 aliphatic carbocycles. The third-order valence-corrected chi connectivity index (χ3v) is 5.74. The lowest BCUT2D eigenvalue weighted by Gasteiger charge is -2.44. The van der Waals surface area contributed by atoms with Crippen molar-refractivity contribution in [2.24, 2.45) is 22.7 Å². The van der Waals surface area contributed by atoms with Gasteiger partial charge in [-0.1, -0.05) is 67.2 Å². The highest BCUT2D eigenvalue weighted by molar-refractivity contribution is 5.93. The maximum atomic E-state index is 11.7. The molecular formula is C23H40O4. The first-order valence-corrected chi connectivity index (χ1v) is 10.8. The molecule has 4 nitrogen and oxygen atoms in total. The number of carbonyl (C=O) groups excluding carboxylic acids is 2. The van der Waals surface area contributed by atoms with Crippen LogP contribution in [0.3, 0.4) is 0 Å². The van der Waals surface area contributed by atoms with Gasteiger partial charge in [0.2, 0.25) is 0 Å². The number of ether oxygens (including phenoxy) is 2. The molecule has 1 saturated heterocycles. The van der Waals surface area contributed by atoms with E-state index in [4.69, 9.17) is 9.47 Å². The summed E-state index contributed by atoms with van der Waals surface area (Å²) < 4.78 is 11.3. The maximum absolute atomic E-state index is 11.7. The molecule has 3 aliphatic rings. The molecule has 0 aromatic heterocycles. The van der Waals surface area contributed by atoms with E-state index in [2.05, 4.69) is 41.5 Å². The minimum Gasteiger partial charge on any atom is -0.421 e. The van der Waals surface area contributed by atoms with Crippen LogP contribution >= 0.6 is 0 Å². The molecule has 0 aromatic carbocycles. The molecule has 0 radical (unpaired) electrons. The predicted molar refractivity (Wildman–Crippen MR) is 107 cm³/mol. The van der Waals surface area contributed by atoms with Gasteiger partial charge in [-0.2, -0.15) is 0 Å². The Morgan fingerprint density at radius 2 is 1.07 bits per heavy atom. The fraction of sp³-hybridized carbons (Fsp3) is 0.913. The first-order valence-electron chi connectivity index (χ1n) is 10.8. The van der Waals surface area contributed by atoms with Crippen molar-refractivity contribution >= 4 is 11.9 Å². The summed E-state index contributed by atoms with van der Waals surface area (Å²) in [5, 5.41) is 0. The van der Waals surface area contributed by atoms with E-state index in [-0.39, 0.29) is 18.3 Å². The molecule has 1 heterocycles. The number of esters is 2. The van der Waals surface area contributed by atoms with Crippen LogP contribution in [0, 0.1) is 22.7 Å². The van der Waals surface area contributed by atoms with Gasteiger partial charge in [0, 0.05) is 11.8 Å². The number of cyclic esters (lactones) is 2. The second-order valence-electron chi connectivity index (χ2n) is 11.1. The Bertz CT molecular complexity index is 465. The third-order valence-electron chi connectivity index (χ3n) is 5.74. The Kier molecular flexibility index (Phi) is 7.02. The van der Waals surface area contributed by atoms with Crippen molar-refractivity contribution in [1.82, 2.24) is 0 Å². The Morgan fingerprint density at radius 1 is 0.741 bits per heavy atom. The van der Waals surface area contributed by atoms with Crippen molar-refractivity contribution in [2.75, 3.05) is 0 Å². The van der Waals surface area contributed by atoms with Crippen molar-refractivity contribution < 1.29 is 19.1 Å². The molecule has 0 aromatic rings. The van der Waals surface area contributed by atoms with Gasteiger partial charge in [0.15, 0.2) is 0 Å². The minimum atomic E-state index is -0.917. The molecule has 3 fully saturated rings. The summed E-state index contributed by atoms with van der Waals surface area (Å²) >= 11 is 0. The van der Waals surface area contributed by atoms with Gasteiger partial charge in [0.25, 0.3) is 5.79 Å². The van der Waals surface area contributed by atoms with Gasteiger partial charge >= 0.3 is 11.9 Å².